The van der Waals surface area contributed by atoms with Crippen LogP contribution < -0.4 is 10.6 Å². The molecule has 2 N–H and O–H groups in total. The average Bonchev–Trinajstić information content (AvgIpc) is 3.34. The van der Waals surface area contributed by atoms with E-state index in [0.29, 0.717) is 28.6 Å². The number of rotatable bonds is 4. The highest BCUT2D eigenvalue weighted by molar-refractivity contribution is 6.40. The first-order chi connectivity index (χ1) is 11.0. The summed E-state index contributed by atoms with van der Waals surface area (Å²) in [7, 11) is 0. The molecule has 3 rings (SSSR count). The number of anilines is 1. The fourth-order valence-corrected chi connectivity index (χ4v) is 3.60. The van der Waals surface area contributed by atoms with E-state index in [1.165, 1.54) is 6.42 Å². The fraction of sp³-hybridized carbons (Fsp3) is 0.529. The van der Waals surface area contributed by atoms with Crippen molar-refractivity contribution < 1.29 is 9.59 Å². The quantitative estimate of drug-likeness (QED) is 0.797. The normalized spacial score (nSPS) is 19.9. The zero-order valence-corrected chi connectivity index (χ0v) is 14.3. The van der Waals surface area contributed by atoms with E-state index in [-0.39, 0.29) is 17.9 Å². The molecule has 0 atom stereocenters. The number of carbonyl (C=O) groups excluding carboxylic acids is 2. The van der Waals surface area contributed by atoms with Gasteiger partial charge in [-0.3, -0.25) is 9.59 Å². The van der Waals surface area contributed by atoms with Gasteiger partial charge in [-0.05, 0) is 37.8 Å². The summed E-state index contributed by atoms with van der Waals surface area (Å²) in [5.41, 5.74) is -0.586. The number of nitrogens with one attached hydrogen (secondary N) is 2. The summed E-state index contributed by atoms with van der Waals surface area (Å²) in [6, 6.07) is 5.23. The first-order valence-corrected chi connectivity index (χ1v) is 8.85. The van der Waals surface area contributed by atoms with Crippen molar-refractivity contribution >= 4 is 40.7 Å². The van der Waals surface area contributed by atoms with Gasteiger partial charge in [0.05, 0.1) is 15.7 Å². The SMILES string of the molecule is O=C(Nc1c(Cl)cccc1Cl)C1(C(=O)NC2CCCCC2)CC1. The van der Waals surface area contributed by atoms with Crippen molar-refractivity contribution in [2.45, 2.75) is 51.0 Å². The van der Waals surface area contributed by atoms with Gasteiger partial charge >= 0.3 is 0 Å². The van der Waals surface area contributed by atoms with Crippen LogP contribution in [0.5, 0.6) is 0 Å². The Hall–Kier alpha value is -1.26. The Bertz CT molecular complexity index is 603. The summed E-state index contributed by atoms with van der Waals surface area (Å²) in [4.78, 5) is 25.2. The number of halogens is 2. The molecule has 0 heterocycles. The lowest BCUT2D eigenvalue weighted by Crippen LogP contribution is -2.45. The van der Waals surface area contributed by atoms with Gasteiger partial charge in [-0.25, -0.2) is 0 Å². The first-order valence-electron chi connectivity index (χ1n) is 8.09. The Kier molecular flexibility index (Phi) is 4.83. The molecule has 2 fully saturated rings. The maximum absolute atomic E-state index is 12.6. The molecule has 0 aliphatic heterocycles. The van der Waals surface area contributed by atoms with Gasteiger partial charge < -0.3 is 10.6 Å². The average molecular weight is 355 g/mol. The van der Waals surface area contributed by atoms with Crippen LogP contribution in [0.1, 0.15) is 44.9 Å². The lowest BCUT2D eigenvalue weighted by molar-refractivity contribution is -0.135. The zero-order chi connectivity index (χ0) is 16.4. The molecule has 23 heavy (non-hydrogen) atoms. The largest absolute Gasteiger partial charge is 0.352 e. The zero-order valence-electron chi connectivity index (χ0n) is 12.8. The summed E-state index contributed by atoms with van der Waals surface area (Å²) < 4.78 is 0. The van der Waals surface area contributed by atoms with Gasteiger partial charge in [0.2, 0.25) is 11.8 Å². The number of para-hydroxylation sites is 1. The number of hydrogen-bond donors (Lipinski definition) is 2. The van der Waals surface area contributed by atoms with E-state index < -0.39 is 5.41 Å². The third-order valence-electron chi connectivity index (χ3n) is 4.76. The number of carbonyl (C=O) groups is 2. The monoisotopic (exact) mass is 354 g/mol. The summed E-state index contributed by atoms with van der Waals surface area (Å²) >= 11 is 12.2. The minimum atomic E-state index is -0.958. The topological polar surface area (TPSA) is 58.2 Å². The maximum Gasteiger partial charge on any atom is 0.240 e. The Morgan fingerprint density at radius 1 is 1.00 bits per heavy atom. The predicted molar refractivity (Wildman–Crippen MR) is 91.8 cm³/mol. The standard InChI is InChI=1S/C17H20Cl2N2O2/c18-12-7-4-8-13(19)14(12)21-16(23)17(9-10-17)15(22)20-11-5-2-1-3-6-11/h4,7-8,11H,1-3,5-6,9-10H2,(H,20,22)(H,21,23). The highest BCUT2D eigenvalue weighted by Crippen LogP contribution is 2.47. The molecule has 1 aromatic rings. The molecule has 1 aromatic carbocycles. The molecule has 2 aliphatic carbocycles. The molecule has 0 unspecified atom stereocenters. The minimum Gasteiger partial charge on any atom is -0.352 e. The molecule has 2 amide bonds. The van der Waals surface area contributed by atoms with Crippen LogP contribution in [0.15, 0.2) is 18.2 Å². The van der Waals surface area contributed by atoms with Crippen molar-refractivity contribution in [2.75, 3.05) is 5.32 Å². The summed E-state index contributed by atoms with van der Waals surface area (Å²) in [6.45, 7) is 0. The molecule has 6 heteroatoms. The highest BCUT2D eigenvalue weighted by atomic mass is 35.5. The number of amides is 2. The Labute approximate surface area is 145 Å². The molecule has 0 aromatic heterocycles. The van der Waals surface area contributed by atoms with Gasteiger partial charge in [0.1, 0.15) is 5.41 Å². The number of hydrogen-bond acceptors (Lipinski definition) is 2. The predicted octanol–water partition coefficient (Wildman–Crippen LogP) is 4.16. The second kappa shape index (κ2) is 6.70. The molecular weight excluding hydrogens is 335 g/mol. The van der Waals surface area contributed by atoms with Gasteiger partial charge in [-0.2, -0.15) is 0 Å². The third-order valence-corrected chi connectivity index (χ3v) is 5.39. The second-order valence-corrected chi connectivity index (χ2v) is 7.26. The molecule has 0 spiro atoms. The van der Waals surface area contributed by atoms with Gasteiger partial charge in [-0.15, -0.1) is 0 Å². The Morgan fingerprint density at radius 3 is 2.17 bits per heavy atom. The second-order valence-electron chi connectivity index (χ2n) is 6.44. The molecule has 0 saturated heterocycles. The van der Waals surface area contributed by atoms with E-state index in [1.807, 2.05) is 0 Å². The Morgan fingerprint density at radius 2 is 1.61 bits per heavy atom. The first kappa shape index (κ1) is 16.6. The minimum absolute atomic E-state index is 0.162. The van der Waals surface area contributed by atoms with E-state index in [9.17, 15) is 9.59 Å². The van der Waals surface area contributed by atoms with E-state index in [2.05, 4.69) is 10.6 Å². The van der Waals surface area contributed by atoms with Crippen molar-refractivity contribution in [1.29, 1.82) is 0 Å². The lowest BCUT2D eigenvalue weighted by Gasteiger charge is -2.25. The van der Waals surface area contributed by atoms with Crippen LogP contribution in [-0.2, 0) is 9.59 Å². The molecule has 124 valence electrons. The van der Waals surface area contributed by atoms with Gasteiger partial charge in [0.25, 0.3) is 0 Å². The van der Waals surface area contributed by atoms with E-state index in [0.717, 1.165) is 25.7 Å². The van der Waals surface area contributed by atoms with Crippen LogP contribution >= 0.6 is 23.2 Å². The molecule has 2 saturated carbocycles. The van der Waals surface area contributed by atoms with Crippen molar-refractivity contribution in [2.24, 2.45) is 5.41 Å². The Balaban J connectivity index is 1.67. The van der Waals surface area contributed by atoms with Crippen LogP contribution in [0.25, 0.3) is 0 Å². The van der Waals surface area contributed by atoms with E-state index in [4.69, 9.17) is 23.2 Å². The molecule has 2 aliphatic rings. The van der Waals surface area contributed by atoms with Crippen LogP contribution in [0, 0.1) is 5.41 Å². The van der Waals surface area contributed by atoms with Crippen LogP contribution in [0.4, 0.5) is 5.69 Å². The lowest BCUT2D eigenvalue weighted by atomic mass is 9.94. The van der Waals surface area contributed by atoms with E-state index in [1.54, 1.807) is 18.2 Å². The smallest absolute Gasteiger partial charge is 0.240 e. The summed E-state index contributed by atoms with van der Waals surface area (Å²) in [6.07, 6.45) is 6.64. The van der Waals surface area contributed by atoms with Gasteiger partial charge in [0.15, 0.2) is 0 Å². The van der Waals surface area contributed by atoms with Crippen molar-refractivity contribution in [3.05, 3.63) is 28.2 Å². The van der Waals surface area contributed by atoms with Crippen LogP contribution in [0.3, 0.4) is 0 Å². The maximum atomic E-state index is 12.6. The van der Waals surface area contributed by atoms with Gasteiger partial charge in [-0.1, -0.05) is 48.5 Å². The van der Waals surface area contributed by atoms with Crippen molar-refractivity contribution in [3.8, 4) is 0 Å². The van der Waals surface area contributed by atoms with Crippen LogP contribution in [-0.4, -0.2) is 17.9 Å². The summed E-state index contributed by atoms with van der Waals surface area (Å²) in [5.74, 6) is -0.481. The third kappa shape index (κ3) is 3.48. The van der Waals surface area contributed by atoms with E-state index >= 15 is 0 Å². The number of benzene rings is 1. The fourth-order valence-electron chi connectivity index (χ4n) is 3.10. The molecule has 4 nitrogen and oxygen atoms in total. The van der Waals surface area contributed by atoms with Crippen molar-refractivity contribution in [1.82, 2.24) is 5.32 Å². The van der Waals surface area contributed by atoms with Crippen molar-refractivity contribution in [3.63, 3.8) is 0 Å². The molecule has 0 bridgehead atoms. The van der Waals surface area contributed by atoms with Gasteiger partial charge in [0, 0.05) is 6.04 Å². The summed E-state index contributed by atoms with van der Waals surface area (Å²) in [5, 5.41) is 6.53. The molecule has 0 radical (unpaired) electrons. The van der Waals surface area contributed by atoms with Crippen LogP contribution in [0.2, 0.25) is 10.0 Å². The molecular formula is C17H20Cl2N2O2. The highest BCUT2D eigenvalue weighted by Gasteiger charge is 2.57.